The van der Waals surface area contributed by atoms with Crippen molar-refractivity contribution in [2.75, 3.05) is 38.2 Å². The summed E-state index contributed by atoms with van der Waals surface area (Å²) in [4.78, 5) is 6.31. The molecule has 0 unspecified atom stereocenters. The van der Waals surface area contributed by atoms with Gasteiger partial charge in [-0.15, -0.1) is 0 Å². The molecule has 7 heteroatoms. The molecule has 1 aromatic carbocycles. The average Bonchev–Trinajstić information content (AvgIpc) is 2.81. The van der Waals surface area contributed by atoms with E-state index < -0.39 is 11.7 Å². The lowest BCUT2D eigenvalue weighted by atomic mass is 10.2. The SMILES string of the molecule is CN1CCN(n2cnc3cc(C(F)(F)F)ccc32)CC1. The Hall–Kier alpha value is -1.76. The van der Waals surface area contributed by atoms with E-state index in [-0.39, 0.29) is 0 Å². The number of hydrogen-bond donors (Lipinski definition) is 0. The summed E-state index contributed by atoms with van der Waals surface area (Å²) in [7, 11) is 2.05. The highest BCUT2D eigenvalue weighted by Gasteiger charge is 2.31. The van der Waals surface area contributed by atoms with Crippen molar-refractivity contribution >= 4 is 11.0 Å². The predicted molar refractivity (Wildman–Crippen MR) is 70.2 cm³/mol. The number of alkyl halides is 3. The summed E-state index contributed by atoms with van der Waals surface area (Å²) in [5.74, 6) is 0. The molecule has 2 heterocycles. The van der Waals surface area contributed by atoms with Crippen LogP contribution in [0.15, 0.2) is 24.5 Å². The van der Waals surface area contributed by atoms with Gasteiger partial charge in [0.1, 0.15) is 6.33 Å². The number of rotatable bonds is 1. The number of benzene rings is 1. The molecule has 0 N–H and O–H groups in total. The van der Waals surface area contributed by atoms with Crippen LogP contribution in [0.4, 0.5) is 13.2 Å². The van der Waals surface area contributed by atoms with E-state index in [0.717, 1.165) is 38.3 Å². The molecule has 1 saturated heterocycles. The molecule has 2 aromatic rings. The molecule has 4 nitrogen and oxygen atoms in total. The maximum Gasteiger partial charge on any atom is 0.416 e. The van der Waals surface area contributed by atoms with Crippen LogP contribution in [0, 0.1) is 0 Å². The minimum absolute atomic E-state index is 0.374. The number of imidazole rings is 1. The van der Waals surface area contributed by atoms with Crippen LogP contribution < -0.4 is 5.01 Å². The van der Waals surface area contributed by atoms with Gasteiger partial charge in [-0.2, -0.15) is 13.2 Å². The molecule has 0 bridgehead atoms. The quantitative estimate of drug-likeness (QED) is 0.800. The van der Waals surface area contributed by atoms with Crippen LogP contribution in [0.5, 0.6) is 0 Å². The fourth-order valence-corrected chi connectivity index (χ4v) is 2.41. The molecule has 0 radical (unpaired) electrons. The Morgan fingerprint density at radius 1 is 1.10 bits per heavy atom. The van der Waals surface area contributed by atoms with Gasteiger partial charge in [-0.25, -0.2) is 9.66 Å². The number of fused-ring (bicyclic) bond motifs is 1. The van der Waals surface area contributed by atoms with E-state index in [4.69, 9.17) is 0 Å². The summed E-state index contributed by atoms with van der Waals surface area (Å²) in [5, 5.41) is 2.10. The molecule has 0 spiro atoms. The van der Waals surface area contributed by atoms with Gasteiger partial charge in [0.05, 0.1) is 16.6 Å². The average molecular weight is 284 g/mol. The van der Waals surface area contributed by atoms with Crippen molar-refractivity contribution < 1.29 is 13.2 Å². The first-order chi connectivity index (χ1) is 9.45. The summed E-state index contributed by atoms with van der Waals surface area (Å²) in [6.45, 7) is 3.53. The summed E-state index contributed by atoms with van der Waals surface area (Å²) in [6, 6.07) is 3.70. The number of piperazine rings is 1. The molecule has 0 amide bonds. The topological polar surface area (TPSA) is 24.3 Å². The van der Waals surface area contributed by atoms with Crippen LogP contribution >= 0.6 is 0 Å². The van der Waals surface area contributed by atoms with Gasteiger partial charge < -0.3 is 9.91 Å². The van der Waals surface area contributed by atoms with Crippen LogP contribution in [-0.4, -0.2) is 47.8 Å². The monoisotopic (exact) mass is 284 g/mol. The van der Waals surface area contributed by atoms with Gasteiger partial charge in [0.2, 0.25) is 0 Å². The first kappa shape index (κ1) is 13.2. The lowest BCUT2D eigenvalue weighted by molar-refractivity contribution is -0.137. The maximum absolute atomic E-state index is 12.7. The highest BCUT2D eigenvalue weighted by molar-refractivity contribution is 5.76. The Labute approximate surface area is 114 Å². The second-order valence-corrected chi connectivity index (χ2v) is 5.05. The van der Waals surface area contributed by atoms with Crippen LogP contribution in [-0.2, 0) is 6.18 Å². The minimum atomic E-state index is -4.33. The highest BCUT2D eigenvalue weighted by Crippen LogP contribution is 2.31. The number of halogens is 3. The molecule has 1 aromatic heterocycles. The van der Waals surface area contributed by atoms with E-state index in [1.807, 2.05) is 4.68 Å². The van der Waals surface area contributed by atoms with Crippen LogP contribution in [0.1, 0.15) is 5.56 Å². The van der Waals surface area contributed by atoms with Gasteiger partial charge >= 0.3 is 6.18 Å². The molecular formula is C13H15F3N4. The Balaban J connectivity index is 1.94. The van der Waals surface area contributed by atoms with Crippen molar-refractivity contribution in [3.05, 3.63) is 30.1 Å². The summed E-state index contributed by atoms with van der Waals surface area (Å²) < 4.78 is 39.9. The Morgan fingerprint density at radius 3 is 2.45 bits per heavy atom. The largest absolute Gasteiger partial charge is 0.416 e. The summed E-state index contributed by atoms with van der Waals surface area (Å²) >= 11 is 0. The molecule has 20 heavy (non-hydrogen) atoms. The van der Waals surface area contributed by atoms with Gasteiger partial charge in [-0.05, 0) is 25.2 Å². The summed E-state index contributed by atoms with van der Waals surface area (Å²) in [6.07, 6.45) is -2.73. The third-order valence-corrected chi connectivity index (χ3v) is 3.64. The van der Waals surface area contributed by atoms with Crippen molar-refractivity contribution in [2.45, 2.75) is 6.18 Å². The Kier molecular flexibility index (Phi) is 3.08. The zero-order valence-electron chi connectivity index (χ0n) is 11.1. The zero-order chi connectivity index (χ0) is 14.3. The predicted octanol–water partition coefficient (Wildman–Crippen LogP) is 1.94. The standard InChI is InChI=1S/C13H15F3N4/c1-18-4-6-19(7-5-18)20-9-17-11-8-10(13(14,15)16)2-3-12(11)20/h2-3,8-9H,4-7H2,1H3. The minimum Gasteiger partial charge on any atom is -0.309 e. The van der Waals surface area contributed by atoms with Crippen molar-refractivity contribution in [1.82, 2.24) is 14.6 Å². The van der Waals surface area contributed by atoms with Gasteiger partial charge in [0, 0.05) is 26.2 Å². The lowest BCUT2D eigenvalue weighted by Gasteiger charge is -2.34. The van der Waals surface area contributed by atoms with Crippen molar-refractivity contribution in [3.8, 4) is 0 Å². The van der Waals surface area contributed by atoms with Gasteiger partial charge in [-0.1, -0.05) is 0 Å². The fraction of sp³-hybridized carbons (Fsp3) is 0.462. The van der Waals surface area contributed by atoms with Gasteiger partial charge in [0.25, 0.3) is 0 Å². The van der Waals surface area contributed by atoms with Crippen molar-refractivity contribution in [2.24, 2.45) is 0 Å². The normalized spacial score (nSPS) is 17.9. The molecule has 108 valence electrons. The third-order valence-electron chi connectivity index (χ3n) is 3.64. The van der Waals surface area contributed by atoms with E-state index in [9.17, 15) is 13.2 Å². The van der Waals surface area contributed by atoms with Crippen LogP contribution in [0.3, 0.4) is 0 Å². The second-order valence-electron chi connectivity index (χ2n) is 5.05. The molecule has 1 aliphatic rings. The van der Waals surface area contributed by atoms with Crippen molar-refractivity contribution in [1.29, 1.82) is 0 Å². The van der Waals surface area contributed by atoms with E-state index in [1.54, 1.807) is 6.33 Å². The number of hydrogen-bond acceptors (Lipinski definition) is 3. The Morgan fingerprint density at radius 2 is 1.80 bits per heavy atom. The third kappa shape index (κ3) is 2.33. The Bertz CT molecular complexity index is 612. The molecule has 0 saturated carbocycles. The number of likely N-dealkylation sites (N-methyl/N-ethyl adjacent to an activating group) is 1. The van der Waals surface area contributed by atoms with E-state index in [2.05, 4.69) is 21.9 Å². The molecule has 3 rings (SSSR count). The maximum atomic E-state index is 12.7. The smallest absolute Gasteiger partial charge is 0.309 e. The number of aromatic nitrogens is 2. The first-order valence-electron chi connectivity index (χ1n) is 6.43. The lowest BCUT2D eigenvalue weighted by Crippen LogP contribution is -2.49. The zero-order valence-corrected chi connectivity index (χ0v) is 11.1. The van der Waals surface area contributed by atoms with Gasteiger partial charge in [0.15, 0.2) is 0 Å². The summed E-state index contributed by atoms with van der Waals surface area (Å²) in [5.41, 5.74) is 0.426. The molecule has 0 aliphatic carbocycles. The van der Waals surface area contributed by atoms with Crippen molar-refractivity contribution in [3.63, 3.8) is 0 Å². The van der Waals surface area contributed by atoms with Crippen LogP contribution in [0.25, 0.3) is 11.0 Å². The van der Waals surface area contributed by atoms with E-state index >= 15 is 0 Å². The van der Waals surface area contributed by atoms with Crippen LogP contribution in [0.2, 0.25) is 0 Å². The fourth-order valence-electron chi connectivity index (χ4n) is 2.41. The number of nitrogens with zero attached hydrogens (tertiary/aromatic N) is 4. The first-order valence-corrected chi connectivity index (χ1v) is 6.43. The highest BCUT2D eigenvalue weighted by atomic mass is 19.4. The molecular weight excluding hydrogens is 269 g/mol. The molecule has 1 fully saturated rings. The van der Waals surface area contributed by atoms with E-state index in [1.165, 1.54) is 6.07 Å². The molecule has 0 atom stereocenters. The molecule has 1 aliphatic heterocycles. The van der Waals surface area contributed by atoms with E-state index in [0.29, 0.717) is 11.0 Å². The van der Waals surface area contributed by atoms with Gasteiger partial charge in [-0.3, -0.25) is 0 Å². The second kappa shape index (κ2) is 4.66.